The molecule has 0 radical (unpaired) electrons. The van der Waals surface area contributed by atoms with Gasteiger partial charge < -0.3 is 10.2 Å². The van der Waals surface area contributed by atoms with Crippen molar-refractivity contribution >= 4 is 12.5 Å². The molecule has 1 heterocycles. The van der Waals surface area contributed by atoms with Crippen molar-refractivity contribution < 1.29 is 4.79 Å². The quantitative estimate of drug-likeness (QED) is 0.558. The monoisotopic (exact) mass is 152 g/mol. The molecule has 3 atom stereocenters. The lowest BCUT2D eigenvalue weighted by atomic mass is 9.80. The van der Waals surface area contributed by atoms with Crippen LogP contribution in [0.1, 0.15) is 19.3 Å². The maximum Gasteiger partial charge on any atom is 0.123 e. The third-order valence-corrected chi connectivity index (χ3v) is 2.64. The molecule has 0 saturated heterocycles. The molecule has 3 nitrogen and oxygen atoms in total. The molecule has 60 valence electrons. The van der Waals surface area contributed by atoms with Gasteiger partial charge in [0.05, 0.1) is 6.04 Å². The molecule has 0 spiro atoms. The van der Waals surface area contributed by atoms with Crippen LogP contribution in [-0.4, -0.2) is 18.5 Å². The third kappa shape index (κ3) is 1.15. The van der Waals surface area contributed by atoms with Crippen LogP contribution in [0.4, 0.5) is 0 Å². The maximum absolute atomic E-state index is 10.5. The lowest BCUT2D eigenvalue weighted by molar-refractivity contribution is -0.112. The lowest BCUT2D eigenvalue weighted by Gasteiger charge is -2.26. The van der Waals surface area contributed by atoms with Gasteiger partial charge in [0.15, 0.2) is 0 Å². The Labute approximate surface area is 65.9 Å². The van der Waals surface area contributed by atoms with E-state index < -0.39 is 0 Å². The number of carbonyl (C=O) groups is 1. The summed E-state index contributed by atoms with van der Waals surface area (Å²) in [4.78, 5) is 10.5. The molecule has 1 aliphatic heterocycles. The van der Waals surface area contributed by atoms with Crippen LogP contribution in [0.15, 0.2) is 5.10 Å². The SMILES string of the molecule is O=CC1CCC2NN=CC2C1. The second-order valence-electron chi connectivity index (χ2n) is 3.39. The van der Waals surface area contributed by atoms with Crippen LogP contribution in [0.25, 0.3) is 0 Å². The molecule has 11 heavy (non-hydrogen) atoms. The van der Waals surface area contributed by atoms with Crippen molar-refractivity contribution in [3.63, 3.8) is 0 Å². The smallest absolute Gasteiger partial charge is 0.123 e. The standard InChI is InChI=1S/C8H12N2O/c11-5-6-1-2-8-7(3-6)4-9-10-8/h4-8,10H,1-3H2. The van der Waals surface area contributed by atoms with Crippen LogP contribution in [0, 0.1) is 11.8 Å². The first kappa shape index (κ1) is 6.83. The molecule has 2 rings (SSSR count). The summed E-state index contributed by atoms with van der Waals surface area (Å²) in [6, 6.07) is 0.520. The number of fused-ring (bicyclic) bond motifs is 1. The molecule has 0 aromatic carbocycles. The van der Waals surface area contributed by atoms with Gasteiger partial charge in [0.2, 0.25) is 0 Å². The Morgan fingerprint density at radius 3 is 3.27 bits per heavy atom. The lowest BCUT2D eigenvalue weighted by Crippen LogP contribution is -2.34. The van der Waals surface area contributed by atoms with Crippen LogP contribution >= 0.6 is 0 Å². The topological polar surface area (TPSA) is 41.5 Å². The van der Waals surface area contributed by atoms with Crippen molar-refractivity contribution in [2.24, 2.45) is 16.9 Å². The molecule has 3 unspecified atom stereocenters. The average Bonchev–Trinajstić information content (AvgIpc) is 2.50. The Morgan fingerprint density at radius 1 is 1.55 bits per heavy atom. The highest BCUT2D eigenvalue weighted by atomic mass is 16.1. The fourth-order valence-corrected chi connectivity index (χ4v) is 1.92. The summed E-state index contributed by atoms with van der Waals surface area (Å²) in [6.45, 7) is 0. The number of nitrogens with one attached hydrogen (secondary N) is 1. The van der Waals surface area contributed by atoms with Gasteiger partial charge in [-0.05, 0) is 19.3 Å². The van der Waals surface area contributed by atoms with Crippen LogP contribution in [0.3, 0.4) is 0 Å². The van der Waals surface area contributed by atoms with Gasteiger partial charge in [0.25, 0.3) is 0 Å². The predicted octanol–water partition coefficient (Wildman–Crippen LogP) is 0.559. The van der Waals surface area contributed by atoms with Gasteiger partial charge in [-0.1, -0.05) is 0 Å². The highest BCUT2D eigenvalue weighted by molar-refractivity contribution is 5.65. The maximum atomic E-state index is 10.5. The van der Waals surface area contributed by atoms with Crippen molar-refractivity contribution in [1.82, 2.24) is 5.43 Å². The van der Waals surface area contributed by atoms with Gasteiger partial charge in [0, 0.05) is 18.1 Å². The molecular formula is C8H12N2O. The minimum atomic E-state index is 0.280. The average molecular weight is 152 g/mol. The molecule has 1 N–H and O–H groups in total. The molecule has 1 aliphatic carbocycles. The Bertz CT molecular complexity index is 191. The Kier molecular flexibility index (Phi) is 1.64. The summed E-state index contributed by atoms with van der Waals surface area (Å²) in [5.74, 6) is 0.793. The van der Waals surface area contributed by atoms with Gasteiger partial charge >= 0.3 is 0 Å². The minimum Gasteiger partial charge on any atom is -0.307 e. The molecule has 0 aromatic rings. The first-order valence-corrected chi connectivity index (χ1v) is 4.14. The Hall–Kier alpha value is -0.860. The number of nitrogens with zero attached hydrogens (tertiary/aromatic N) is 1. The largest absolute Gasteiger partial charge is 0.307 e. The fraction of sp³-hybridized carbons (Fsp3) is 0.750. The predicted molar refractivity (Wildman–Crippen MR) is 42.3 cm³/mol. The van der Waals surface area contributed by atoms with Crippen molar-refractivity contribution in [2.45, 2.75) is 25.3 Å². The molecule has 0 amide bonds. The third-order valence-electron chi connectivity index (χ3n) is 2.64. The molecule has 0 bridgehead atoms. The van der Waals surface area contributed by atoms with E-state index in [2.05, 4.69) is 10.5 Å². The number of hydrazone groups is 1. The number of aldehydes is 1. The van der Waals surface area contributed by atoms with Crippen molar-refractivity contribution in [3.05, 3.63) is 0 Å². The summed E-state index contributed by atoms with van der Waals surface area (Å²) >= 11 is 0. The van der Waals surface area contributed by atoms with E-state index in [-0.39, 0.29) is 5.92 Å². The number of carbonyl (C=O) groups excluding carboxylic acids is 1. The van der Waals surface area contributed by atoms with Crippen LogP contribution in [0.2, 0.25) is 0 Å². The molecule has 1 saturated carbocycles. The van der Waals surface area contributed by atoms with E-state index in [1.54, 1.807) is 0 Å². The number of rotatable bonds is 1. The van der Waals surface area contributed by atoms with E-state index in [1.807, 2.05) is 6.21 Å². The molecule has 2 aliphatic rings. The van der Waals surface area contributed by atoms with Crippen LogP contribution in [0.5, 0.6) is 0 Å². The summed E-state index contributed by atoms with van der Waals surface area (Å²) in [5.41, 5.74) is 3.06. The first-order valence-electron chi connectivity index (χ1n) is 4.14. The highest BCUT2D eigenvalue weighted by Gasteiger charge is 2.31. The zero-order valence-electron chi connectivity index (χ0n) is 6.36. The van der Waals surface area contributed by atoms with E-state index in [9.17, 15) is 4.79 Å². The number of hydrogen-bond donors (Lipinski definition) is 1. The molecule has 0 aromatic heterocycles. The van der Waals surface area contributed by atoms with E-state index in [0.29, 0.717) is 12.0 Å². The van der Waals surface area contributed by atoms with Gasteiger partial charge in [0.1, 0.15) is 6.29 Å². The zero-order chi connectivity index (χ0) is 7.68. The summed E-state index contributed by atoms with van der Waals surface area (Å²) in [5, 5.41) is 4.01. The Balaban J connectivity index is 2.00. The minimum absolute atomic E-state index is 0.280. The van der Waals surface area contributed by atoms with E-state index in [0.717, 1.165) is 25.5 Å². The zero-order valence-corrected chi connectivity index (χ0v) is 6.36. The molecular weight excluding hydrogens is 140 g/mol. The Morgan fingerprint density at radius 2 is 2.45 bits per heavy atom. The fourth-order valence-electron chi connectivity index (χ4n) is 1.92. The summed E-state index contributed by atoms with van der Waals surface area (Å²) in [7, 11) is 0. The van der Waals surface area contributed by atoms with Gasteiger partial charge in [-0.25, -0.2) is 0 Å². The second-order valence-corrected chi connectivity index (χ2v) is 3.39. The molecule has 3 heteroatoms. The van der Waals surface area contributed by atoms with Crippen molar-refractivity contribution in [3.8, 4) is 0 Å². The van der Waals surface area contributed by atoms with Crippen LogP contribution in [-0.2, 0) is 4.79 Å². The normalized spacial score (nSPS) is 41.3. The van der Waals surface area contributed by atoms with Crippen LogP contribution < -0.4 is 5.43 Å². The van der Waals surface area contributed by atoms with Gasteiger partial charge in [-0.15, -0.1) is 0 Å². The van der Waals surface area contributed by atoms with Gasteiger partial charge in [-0.3, -0.25) is 0 Å². The first-order chi connectivity index (χ1) is 5.40. The van der Waals surface area contributed by atoms with E-state index in [1.165, 1.54) is 0 Å². The number of hydrogen-bond acceptors (Lipinski definition) is 3. The highest BCUT2D eigenvalue weighted by Crippen LogP contribution is 2.29. The van der Waals surface area contributed by atoms with Crippen molar-refractivity contribution in [2.75, 3.05) is 0 Å². The second kappa shape index (κ2) is 2.64. The van der Waals surface area contributed by atoms with Gasteiger partial charge in [-0.2, -0.15) is 5.10 Å². The summed E-state index contributed by atoms with van der Waals surface area (Å²) in [6.07, 6.45) is 6.14. The summed E-state index contributed by atoms with van der Waals surface area (Å²) < 4.78 is 0. The van der Waals surface area contributed by atoms with Crippen molar-refractivity contribution in [1.29, 1.82) is 0 Å². The van der Waals surface area contributed by atoms with E-state index in [4.69, 9.17) is 0 Å². The molecule has 1 fully saturated rings. The van der Waals surface area contributed by atoms with E-state index >= 15 is 0 Å².